The number of likely N-dealkylation sites (tertiary alicyclic amines) is 1. The summed E-state index contributed by atoms with van der Waals surface area (Å²) in [6.45, 7) is 24.8. The smallest absolute Gasteiger partial charge is 0.243 e. The largest absolute Gasteiger partial charge is 0.279 e. The number of amides is 2. The van der Waals surface area contributed by atoms with Crippen molar-refractivity contribution < 1.29 is 9.59 Å². The molecule has 0 N–H and O–H groups in total. The predicted octanol–water partition coefficient (Wildman–Crippen LogP) is 6.26. The number of nitrogens with zero attached hydrogens (tertiary/aromatic N) is 7. The summed E-state index contributed by atoms with van der Waals surface area (Å²) in [4.78, 5) is 24.7. The molecule has 0 aliphatic carbocycles. The topological polar surface area (TPSA) is 98.8 Å². The summed E-state index contributed by atoms with van der Waals surface area (Å²) >= 11 is 1.58. The minimum Gasteiger partial charge on any atom is -0.279 e. The van der Waals surface area contributed by atoms with E-state index < -0.39 is 0 Å². The predicted molar refractivity (Wildman–Crippen MR) is 154 cm³/mol. The second-order valence-electron chi connectivity index (χ2n) is 10.8. The number of rotatable bonds is 7. The Kier molecular flexibility index (Phi) is 14.9. The highest BCUT2D eigenvalue weighted by atomic mass is 32.2. The first-order valence-corrected chi connectivity index (χ1v) is 13.9. The quantitative estimate of drug-likeness (QED) is 0.384. The van der Waals surface area contributed by atoms with Gasteiger partial charge in [0, 0.05) is 30.7 Å². The Balaban J connectivity index is 0.000000524. The van der Waals surface area contributed by atoms with Crippen molar-refractivity contribution >= 4 is 23.6 Å². The molecule has 1 atom stereocenters. The Morgan fingerprint density at radius 3 is 1.76 bits per heavy atom. The lowest BCUT2D eigenvalue weighted by molar-refractivity contribution is -0.140. The van der Waals surface area contributed by atoms with Gasteiger partial charge in [-0.25, -0.2) is 9.36 Å². The first-order valence-electron chi connectivity index (χ1n) is 13.0. The van der Waals surface area contributed by atoms with Crippen LogP contribution in [-0.2, 0) is 9.59 Å². The maximum absolute atomic E-state index is 11.8. The van der Waals surface area contributed by atoms with Crippen molar-refractivity contribution in [1.82, 2.24) is 34.9 Å². The van der Waals surface area contributed by atoms with Gasteiger partial charge in [-0.3, -0.25) is 14.5 Å². The van der Waals surface area contributed by atoms with E-state index in [1.54, 1.807) is 11.8 Å². The van der Waals surface area contributed by atoms with E-state index in [1.807, 2.05) is 49.5 Å². The van der Waals surface area contributed by atoms with Gasteiger partial charge in [0.25, 0.3) is 0 Å². The molecule has 2 amide bonds. The molecule has 0 saturated carbocycles. The summed E-state index contributed by atoms with van der Waals surface area (Å²) in [7, 11) is 0. The summed E-state index contributed by atoms with van der Waals surface area (Å²) < 4.78 is 3.85. The molecule has 10 heteroatoms. The molecular formula is C27H51N7O2S. The summed E-state index contributed by atoms with van der Waals surface area (Å²) in [5.41, 5.74) is 2.28. The second-order valence-corrected chi connectivity index (χ2v) is 12.6. The van der Waals surface area contributed by atoms with Crippen molar-refractivity contribution in [2.24, 2.45) is 0 Å². The molecule has 212 valence electrons. The fourth-order valence-corrected chi connectivity index (χ4v) is 4.60. The molecular weight excluding hydrogens is 486 g/mol. The molecule has 1 aliphatic heterocycles. The van der Waals surface area contributed by atoms with Crippen LogP contribution in [-0.4, -0.2) is 63.2 Å². The van der Waals surface area contributed by atoms with Gasteiger partial charge in [0.15, 0.2) is 0 Å². The Labute approximate surface area is 229 Å². The molecule has 0 radical (unpaired) electrons. The third-order valence-electron chi connectivity index (χ3n) is 5.43. The van der Waals surface area contributed by atoms with Gasteiger partial charge in [-0.05, 0) is 58.6 Å². The van der Waals surface area contributed by atoms with Gasteiger partial charge in [0.2, 0.25) is 11.8 Å². The Hall–Kier alpha value is -2.23. The highest BCUT2D eigenvalue weighted by molar-refractivity contribution is 8.01. The molecule has 1 unspecified atom stereocenters. The lowest BCUT2D eigenvalue weighted by atomic mass is 10.1. The normalized spacial score (nSPS) is 15.5. The van der Waals surface area contributed by atoms with Crippen LogP contribution in [0.1, 0.15) is 132 Å². The van der Waals surface area contributed by atoms with Crippen LogP contribution in [0, 0.1) is 0 Å². The van der Waals surface area contributed by atoms with Crippen LogP contribution in [0.15, 0.2) is 12.4 Å². The van der Waals surface area contributed by atoms with E-state index in [0.29, 0.717) is 35.6 Å². The Morgan fingerprint density at radius 1 is 0.838 bits per heavy atom. The minimum absolute atomic E-state index is 0. The van der Waals surface area contributed by atoms with Crippen molar-refractivity contribution in [2.45, 2.75) is 137 Å². The van der Waals surface area contributed by atoms with Crippen LogP contribution in [0.3, 0.4) is 0 Å². The van der Waals surface area contributed by atoms with E-state index in [9.17, 15) is 9.59 Å². The molecule has 0 bridgehead atoms. The zero-order valence-electron chi connectivity index (χ0n) is 24.3. The third-order valence-corrected chi connectivity index (χ3v) is 6.67. The molecule has 2 aromatic rings. The van der Waals surface area contributed by atoms with Crippen molar-refractivity contribution in [3.63, 3.8) is 0 Å². The van der Waals surface area contributed by atoms with Crippen LogP contribution in [0.4, 0.5) is 0 Å². The number of imide groups is 1. The molecule has 3 rings (SSSR count). The minimum atomic E-state index is -0.148. The molecule has 0 spiro atoms. The lowest BCUT2D eigenvalue weighted by Crippen LogP contribution is -2.37. The van der Waals surface area contributed by atoms with Gasteiger partial charge in [-0.15, -0.1) is 22.0 Å². The average Bonchev–Trinajstić information content (AvgIpc) is 3.48. The van der Waals surface area contributed by atoms with Gasteiger partial charge in [-0.2, -0.15) is 0 Å². The van der Waals surface area contributed by atoms with Crippen LogP contribution >= 0.6 is 11.8 Å². The van der Waals surface area contributed by atoms with E-state index in [1.165, 1.54) is 10.6 Å². The SMILES string of the molecule is C.CC(C)SC1CC(=O)N(C(C)C)C1=O.CC(C)c1cn(C(C)C)nn1.CC(C)c1cnnn1C(C)C. The van der Waals surface area contributed by atoms with E-state index >= 15 is 0 Å². The van der Waals surface area contributed by atoms with E-state index in [2.05, 4.69) is 76.0 Å². The number of hydrogen-bond acceptors (Lipinski definition) is 7. The van der Waals surface area contributed by atoms with E-state index in [-0.39, 0.29) is 30.5 Å². The summed E-state index contributed by atoms with van der Waals surface area (Å²) in [5.74, 6) is 0.946. The van der Waals surface area contributed by atoms with Gasteiger partial charge in [0.1, 0.15) is 0 Å². The zero-order chi connectivity index (χ0) is 27.7. The van der Waals surface area contributed by atoms with Crippen molar-refractivity contribution in [3.8, 4) is 0 Å². The first kappa shape index (κ1) is 34.8. The molecule has 2 aromatic heterocycles. The molecule has 0 aromatic carbocycles. The van der Waals surface area contributed by atoms with Gasteiger partial charge >= 0.3 is 0 Å². The third kappa shape index (κ3) is 10.6. The summed E-state index contributed by atoms with van der Waals surface area (Å²) in [6, 6.07) is 0.817. The summed E-state index contributed by atoms with van der Waals surface area (Å²) in [6.07, 6.45) is 4.22. The molecule has 1 aliphatic rings. The highest BCUT2D eigenvalue weighted by Gasteiger charge is 2.40. The Morgan fingerprint density at radius 2 is 1.43 bits per heavy atom. The van der Waals surface area contributed by atoms with Crippen LogP contribution < -0.4 is 0 Å². The average molecular weight is 538 g/mol. The van der Waals surface area contributed by atoms with Crippen molar-refractivity contribution in [3.05, 3.63) is 23.8 Å². The molecule has 1 fully saturated rings. The maximum Gasteiger partial charge on any atom is 0.243 e. The Bertz CT molecular complexity index is 903. The maximum atomic E-state index is 11.8. The number of carbonyl (C=O) groups excluding carboxylic acids is 2. The van der Waals surface area contributed by atoms with E-state index in [0.717, 1.165) is 5.69 Å². The summed E-state index contributed by atoms with van der Waals surface area (Å²) in [5, 5.41) is 16.2. The lowest BCUT2D eigenvalue weighted by Gasteiger charge is -2.19. The standard InChI is InChI=1S/C10H17NO2S.2C8H15N3.CH4/c1-6(2)11-9(12)5-8(10(11)13)14-7(3)4;1-6(2)8-5-11(7(3)4)10-9-8;1-6(2)8-5-9-10-11(8)7(3)4;/h6-8H,5H2,1-4H3;2*5-7H,1-4H3;1H4. The fraction of sp³-hybridized carbons (Fsp3) is 0.778. The van der Waals surface area contributed by atoms with Crippen LogP contribution in [0.2, 0.25) is 0 Å². The number of aromatic nitrogens is 6. The zero-order valence-corrected chi connectivity index (χ0v) is 25.1. The first-order chi connectivity index (χ1) is 16.7. The van der Waals surface area contributed by atoms with E-state index in [4.69, 9.17) is 0 Å². The van der Waals surface area contributed by atoms with Gasteiger partial charge in [0.05, 0.1) is 22.8 Å². The van der Waals surface area contributed by atoms with Gasteiger partial charge < -0.3 is 0 Å². The monoisotopic (exact) mass is 537 g/mol. The molecule has 1 saturated heterocycles. The van der Waals surface area contributed by atoms with Gasteiger partial charge in [-0.1, -0.05) is 59.4 Å². The molecule has 3 heterocycles. The van der Waals surface area contributed by atoms with Crippen LogP contribution in [0.5, 0.6) is 0 Å². The molecule has 37 heavy (non-hydrogen) atoms. The highest BCUT2D eigenvalue weighted by Crippen LogP contribution is 2.29. The van der Waals surface area contributed by atoms with Crippen molar-refractivity contribution in [1.29, 1.82) is 0 Å². The van der Waals surface area contributed by atoms with Crippen LogP contribution in [0.25, 0.3) is 0 Å². The number of carbonyl (C=O) groups is 2. The second kappa shape index (κ2) is 15.9. The molecule has 9 nitrogen and oxygen atoms in total. The van der Waals surface area contributed by atoms with Crippen molar-refractivity contribution in [2.75, 3.05) is 0 Å². The fourth-order valence-electron chi connectivity index (χ4n) is 3.47. The number of hydrogen-bond donors (Lipinski definition) is 0. The number of thioether (sulfide) groups is 1.